The van der Waals surface area contributed by atoms with E-state index in [4.69, 9.17) is 0 Å². The van der Waals surface area contributed by atoms with Crippen LogP contribution >= 0.6 is 0 Å². The van der Waals surface area contributed by atoms with Gasteiger partial charge in [0, 0.05) is 13.6 Å². The van der Waals surface area contributed by atoms with Crippen LogP contribution in [0, 0.1) is 6.92 Å². The van der Waals surface area contributed by atoms with Crippen LogP contribution in [0.2, 0.25) is 0 Å². The molecule has 0 aromatic carbocycles. The second-order valence-electron chi connectivity index (χ2n) is 3.04. The molecule has 0 saturated carbocycles. The van der Waals surface area contributed by atoms with Crippen LogP contribution in [0.25, 0.3) is 0 Å². The molecule has 2 rings (SSSR count). The summed E-state index contributed by atoms with van der Waals surface area (Å²) in [6.07, 6.45) is 0. The van der Waals surface area contributed by atoms with Gasteiger partial charge in [0.15, 0.2) is 5.78 Å². The van der Waals surface area contributed by atoms with Crippen LogP contribution in [-0.2, 0) is 13.6 Å². The number of ketones is 1. The van der Waals surface area contributed by atoms with Crippen LogP contribution in [0.5, 0.6) is 0 Å². The number of nitrogens with zero attached hydrogens (tertiary/aromatic N) is 2. The highest BCUT2D eigenvalue weighted by atomic mass is 16.1. The molecule has 0 atom stereocenters. The summed E-state index contributed by atoms with van der Waals surface area (Å²) in [6, 6.07) is 0. The zero-order valence-corrected chi connectivity index (χ0v) is 7.22. The summed E-state index contributed by atoms with van der Waals surface area (Å²) in [4.78, 5) is 15.5. The van der Waals surface area contributed by atoms with Crippen LogP contribution in [0.3, 0.4) is 0 Å². The number of aryl methyl sites for hydroxylation is 1. The predicted molar refractivity (Wildman–Crippen MR) is 44.0 cm³/mol. The van der Waals surface area contributed by atoms with E-state index >= 15 is 0 Å². The van der Waals surface area contributed by atoms with Gasteiger partial charge >= 0.3 is 0 Å². The van der Waals surface area contributed by atoms with Gasteiger partial charge < -0.3 is 9.88 Å². The fraction of sp³-hybridized carbons (Fsp3) is 0.500. The highest BCUT2D eigenvalue weighted by molar-refractivity contribution is 5.97. The van der Waals surface area contributed by atoms with E-state index in [0.29, 0.717) is 12.2 Å². The topological polar surface area (TPSA) is 46.9 Å². The van der Waals surface area contributed by atoms with E-state index in [-0.39, 0.29) is 5.78 Å². The van der Waals surface area contributed by atoms with Gasteiger partial charge in [-0.1, -0.05) is 0 Å². The van der Waals surface area contributed by atoms with E-state index in [1.165, 1.54) is 0 Å². The third kappa shape index (κ3) is 0.881. The number of carbonyl (C=O) groups excluding carboxylic acids is 1. The van der Waals surface area contributed by atoms with Gasteiger partial charge in [0.2, 0.25) is 0 Å². The van der Waals surface area contributed by atoms with E-state index in [1.54, 1.807) is 0 Å². The molecular formula is C8H11N3O. The number of hydrogen-bond acceptors (Lipinski definition) is 3. The molecule has 0 amide bonds. The highest BCUT2D eigenvalue weighted by Gasteiger charge is 2.22. The van der Waals surface area contributed by atoms with Crippen molar-refractivity contribution < 1.29 is 4.79 Å². The minimum atomic E-state index is 0.0972. The maximum Gasteiger partial charge on any atom is 0.196 e. The first kappa shape index (κ1) is 7.49. The first-order valence-corrected chi connectivity index (χ1v) is 3.96. The molecule has 1 N–H and O–H groups in total. The normalized spacial score (nSPS) is 16.3. The van der Waals surface area contributed by atoms with Crippen molar-refractivity contribution in [1.29, 1.82) is 0 Å². The Balaban J connectivity index is 2.60. The van der Waals surface area contributed by atoms with E-state index in [9.17, 15) is 4.79 Å². The van der Waals surface area contributed by atoms with Crippen molar-refractivity contribution in [3.8, 4) is 0 Å². The number of fused-ring (bicyclic) bond motifs is 1. The lowest BCUT2D eigenvalue weighted by atomic mass is 10.1. The first-order chi connectivity index (χ1) is 5.70. The number of imidazole rings is 1. The number of hydrogen-bond donors (Lipinski definition) is 1. The average molecular weight is 165 g/mol. The van der Waals surface area contributed by atoms with Gasteiger partial charge in [0.1, 0.15) is 11.5 Å². The molecule has 4 heteroatoms. The Morgan fingerprint density at radius 2 is 2.25 bits per heavy atom. The quantitative estimate of drug-likeness (QED) is 0.589. The Morgan fingerprint density at radius 1 is 1.50 bits per heavy atom. The number of nitrogens with one attached hydrogen (secondary N) is 1. The van der Waals surface area contributed by atoms with Gasteiger partial charge in [0.05, 0.1) is 12.2 Å². The summed E-state index contributed by atoms with van der Waals surface area (Å²) < 4.78 is 1.96. The number of rotatable bonds is 0. The number of carbonyl (C=O) groups is 1. The summed E-state index contributed by atoms with van der Waals surface area (Å²) in [5, 5.41) is 3.03. The van der Waals surface area contributed by atoms with Gasteiger partial charge in [-0.25, -0.2) is 4.98 Å². The molecule has 0 bridgehead atoms. The maximum absolute atomic E-state index is 11.3. The summed E-state index contributed by atoms with van der Waals surface area (Å²) >= 11 is 0. The minimum Gasteiger partial charge on any atom is -0.334 e. The molecule has 64 valence electrons. The van der Waals surface area contributed by atoms with Gasteiger partial charge in [0.25, 0.3) is 0 Å². The zero-order valence-electron chi connectivity index (χ0n) is 7.22. The van der Waals surface area contributed by atoms with E-state index in [0.717, 1.165) is 18.1 Å². The average Bonchev–Trinajstić information content (AvgIpc) is 2.32. The van der Waals surface area contributed by atoms with E-state index in [1.807, 2.05) is 18.5 Å². The lowest BCUT2D eigenvalue weighted by molar-refractivity contribution is 0.0977. The fourth-order valence-electron chi connectivity index (χ4n) is 1.46. The van der Waals surface area contributed by atoms with Crippen LogP contribution in [0.1, 0.15) is 22.0 Å². The first-order valence-electron chi connectivity index (χ1n) is 3.96. The smallest absolute Gasteiger partial charge is 0.196 e. The lowest BCUT2D eigenvalue weighted by Crippen LogP contribution is -2.30. The van der Waals surface area contributed by atoms with Gasteiger partial charge in [-0.15, -0.1) is 0 Å². The van der Waals surface area contributed by atoms with Crippen LogP contribution in [0.4, 0.5) is 0 Å². The second kappa shape index (κ2) is 2.42. The minimum absolute atomic E-state index is 0.0972. The molecule has 0 spiro atoms. The van der Waals surface area contributed by atoms with Crippen LogP contribution in [0.15, 0.2) is 0 Å². The predicted octanol–water partition coefficient (Wildman–Crippen LogP) is 0.0144. The molecule has 0 unspecified atom stereocenters. The molecule has 1 aromatic heterocycles. The molecule has 12 heavy (non-hydrogen) atoms. The maximum atomic E-state index is 11.3. The Bertz CT molecular complexity index is 340. The Hall–Kier alpha value is -1.16. The summed E-state index contributed by atoms with van der Waals surface area (Å²) in [7, 11) is 1.93. The van der Waals surface area contributed by atoms with Crippen LogP contribution < -0.4 is 5.32 Å². The fourth-order valence-corrected chi connectivity index (χ4v) is 1.46. The molecule has 1 aliphatic rings. The Morgan fingerprint density at radius 3 is 2.92 bits per heavy atom. The molecule has 4 nitrogen and oxygen atoms in total. The molecule has 0 radical (unpaired) electrons. The van der Waals surface area contributed by atoms with Crippen molar-refractivity contribution in [3.05, 3.63) is 17.2 Å². The van der Waals surface area contributed by atoms with Gasteiger partial charge in [-0.3, -0.25) is 4.79 Å². The summed E-state index contributed by atoms with van der Waals surface area (Å²) in [6.45, 7) is 3.08. The lowest BCUT2D eigenvalue weighted by Gasteiger charge is -2.11. The number of aromatic nitrogens is 2. The Labute approximate surface area is 70.6 Å². The van der Waals surface area contributed by atoms with Crippen molar-refractivity contribution in [1.82, 2.24) is 14.9 Å². The zero-order chi connectivity index (χ0) is 8.72. The molecule has 0 aliphatic carbocycles. The van der Waals surface area contributed by atoms with E-state index in [2.05, 4.69) is 10.3 Å². The molecule has 2 heterocycles. The van der Waals surface area contributed by atoms with E-state index < -0.39 is 0 Å². The highest BCUT2D eigenvalue weighted by Crippen LogP contribution is 2.13. The second-order valence-corrected chi connectivity index (χ2v) is 3.04. The SMILES string of the molecule is Cc1nc2c(n1C)CNCC2=O. The molecule has 0 fully saturated rings. The van der Waals surface area contributed by atoms with Gasteiger partial charge in [-0.05, 0) is 6.92 Å². The largest absolute Gasteiger partial charge is 0.334 e. The number of Topliss-reactive ketones (excluding diaryl/α,β-unsaturated/α-hetero) is 1. The van der Waals surface area contributed by atoms with Crippen molar-refractivity contribution in [2.75, 3.05) is 6.54 Å². The van der Waals surface area contributed by atoms with Crippen LogP contribution in [-0.4, -0.2) is 21.9 Å². The Kier molecular flexibility index (Phi) is 1.51. The van der Waals surface area contributed by atoms with Crippen molar-refractivity contribution in [2.24, 2.45) is 7.05 Å². The van der Waals surface area contributed by atoms with Crippen molar-refractivity contribution in [2.45, 2.75) is 13.5 Å². The molecule has 0 saturated heterocycles. The molecular weight excluding hydrogens is 154 g/mol. The summed E-state index contributed by atoms with van der Waals surface area (Å²) in [5.41, 5.74) is 1.65. The monoisotopic (exact) mass is 165 g/mol. The van der Waals surface area contributed by atoms with Crippen molar-refractivity contribution >= 4 is 5.78 Å². The van der Waals surface area contributed by atoms with Gasteiger partial charge in [-0.2, -0.15) is 0 Å². The van der Waals surface area contributed by atoms with Crippen molar-refractivity contribution in [3.63, 3.8) is 0 Å². The summed E-state index contributed by atoms with van der Waals surface area (Å²) in [5.74, 6) is 0.997. The molecule has 1 aliphatic heterocycles. The third-order valence-corrected chi connectivity index (χ3v) is 2.28. The third-order valence-electron chi connectivity index (χ3n) is 2.28. The standard InChI is InChI=1S/C8H11N3O/c1-5-10-8-6(11(5)2)3-9-4-7(8)12/h9H,3-4H2,1-2H3. The molecule has 1 aromatic rings.